The topological polar surface area (TPSA) is 76.2 Å². The highest BCUT2D eigenvalue weighted by Gasteiger charge is 2.17. The van der Waals surface area contributed by atoms with Crippen LogP contribution in [0.1, 0.15) is 11.1 Å². The van der Waals surface area contributed by atoms with E-state index in [-0.39, 0.29) is 17.0 Å². The first-order chi connectivity index (χ1) is 7.13. The standard InChI is InChI=1S/C9H7BrN2O3/c1-15-9-3-8(12(13)14)6(4-10)2-7(9)5-11/h2-3H,4H2,1H3. The van der Waals surface area contributed by atoms with Crippen molar-refractivity contribution in [3.05, 3.63) is 33.4 Å². The summed E-state index contributed by atoms with van der Waals surface area (Å²) in [6, 6.07) is 4.63. The number of nitrogens with zero attached hydrogens (tertiary/aromatic N) is 2. The van der Waals surface area contributed by atoms with Crippen LogP contribution in [0, 0.1) is 21.4 Å². The zero-order chi connectivity index (χ0) is 11.4. The van der Waals surface area contributed by atoms with Crippen LogP contribution >= 0.6 is 15.9 Å². The molecule has 0 heterocycles. The summed E-state index contributed by atoms with van der Waals surface area (Å²) in [6.07, 6.45) is 0. The second-order valence-electron chi connectivity index (χ2n) is 2.68. The lowest BCUT2D eigenvalue weighted by Gasteiger charge is -2.05. The Morgan fingerprint density at radius 2 is 2.33 bits per heavy atom. The van der Waals surface area contributed by atoms with Gasteiger partial charge in [-0.2, -0.15) is 5.26 Å². The first-order valence-corrected chi connectivity index (χ1v) is 5.07. The van der Waals surface area contributed by atoms with Crippen LogP contribution in [0.2, 0.25) is 0 Å². The van der Waals surface area contributed by atoms with Crippen molar-refractivity contribution in [1.29, 1.82) is 5.26 Å². The largest absolute Gasteiger partial charge is 0.495 e. The summed E-state index contributed by atoms with van der Waals surface area (Å²) >= 11 is 3.13. The summed E-state index contributed by atoms with van der Waals surface area (Å²) < 4.78 is 4.88. The molecule has 1 aromatic rings. The lowest BCUT2D eigenvalue weighted by Crippen LogP contribution is -1.97. The molecule has 0 saturated carbocycles. The second-order valence-corrected chi connectivity index (χ2v) is 3.24. The maximum Gasteiger partial charge on any atom is 0.277 e. The van der Waals surface area contributed by atoms with Crippen LogP contribution < -0.4 is 4.74 Å². The van der Waals surface area contributed by atoms with Crippen LogP contribution in [0.3, 0.4) is 0 Å². The molecule has 5 nitrogen and oxygen atoms in total. The fraction of sp³-hybridized carbons (Fsp3) is 0.222. The van der Waals surface area contributed by atoms with E-state index in [0.29, 0.717) is 10.9 Å². The molecule has 0 fully saturated rings. The van der Waals surface area contributed by atoms with Crippen molar-refractivity contribution < 1.29 is 9.66 Å². The van der Waals surface area contributed by atoms with Gasteiger partial charge >= 0.3 is 0 Å². The van der Waals surface area contributed by atoms with E-state index in [1.807, 2.05) is 6.07 Å². The smallest absolute Gasteiger partial charge is 0.277 e. The number of hydrogen-bond donors (Lipinski definition) is 0. The highest BCUT2D eigenvalue weighted by atomic mass is 79.9. The maximum absolute atomic E-state index is 10.7. The molecule has 0 unspecified atom stereocenters. The van der Waals surface area contributed by atoms with Gasteiger partial charge in [0, 0.05) is 10.9 Å². The van der Waals surface area contributed by atoms with Crippen molar-refractivity contribution in [1.82, 2.24) is 0 Å². The van der Waals surface area contributed by atoms with Crippen molar-refractivity contribution in [3.63, 3.8) is 0 Å². The fourth-order valence-corrected chi connectivity index (χ4v) is 1.60. The lowest BCUT2D eigenvalue weighted by atomic mass is 10.1. The van der Waals surface area contributed by atoms with Crippen LogP contribution in [0.25, 0.3) is 0 Å². The number of nitro benzene ring substituents is 1. The number of methoxy groups -OCH3 is 1. The number of nitriles is 1. The Balaban J connectivity index is 3.42. The van der Waals surface area contributed by atoms with E-state index in [1.165, 1.54) is 19.2 Å². The summed E-state index contributed by atoms with van der Waals surface area (Å²) in [6.45, 7) is 0. The molecule has 6 heteroatoms. The molecule has 0 aliphatic carbocycles. The minimum absolute atomic E-state index is 0.0530. The van der Waals surface area contributed by atoms with Gasteiger partial charge in [-0.15, -0.1) is 0 Å². The van der Waals surface area contributed by atoms with E-state index in [9.17, 15) is 10.1 Å². The normalized spacial score (nSPS) is 9.40. The quantitative estimate of drug-likeness (QED) is 0.480. The number of hydrogen-bond acceptors (Lipinski definition) is 4. The van der Waals surface area contributed by atoms with Gasteiger partial charge in [-0.3, -0.25) is 10.1 Å². The molecule has 0 aliphatic rings. The summed E-state index contributed by atoms with van der Waals surface area (Å²) in [7, 11) is 1.37. The molecule has 0 aliphatic heterocycles. The molecule has 0 saturated heterocycles. The number of nitro groups is 1. The average Bonchev–Trinajstić information content (AvgIpc) is 2.26. The molecule has 78 valence electrons. The van der Waals surface area contributed by atoms with Crippen LogP contribution in [0.4, 0.5) is 5.69 Å². The molecule has 0 spiro atoms. The van der Waals surface area contributed by atoms with Gasteiger partial charge < -0.3 is 4.74 Å². The second kappa shape index (κ2) is 4.75. The predicted octanol–water partition coefficient (Wildman–Crippen LogP) is 2.37. The Morgan fingerprint density at radius 1 is 1.67 bits per heavy atom. The molecule has 0 radical (unpaired) electrons. The maximum atomic E-state index is 10.7. The Labute approximate surface area is 94.6 Å². The third-order valence-electron chi connectivity index (χ3n) is 1.86. The SMILES string of the molecule is COc1cc([N+](=O)[O-])c(CBr)cc1C#N. The zero-order valence-electron chi connectivity index (χ0n) is 7.86. The van der Waals surface area contributed by atoms with Gasteiger partial charge in [0.25, 0.3) is 5.69 Å². The monoisotopic (exact) mass is 270 g/mol. The van der Waals surface area contributed by atoms with E-state index in [2.05, 4.69) is 15.9 Å². The highest BCUT2D eigenvalue weighted by Crippen LogP contribution is 2.29. The Bertz CT molecular complexity index is 440. The van der Waals surface area contributed by atoms with Crippen molar-refractivity contribution in [2.45, 2.75) is 5.33 Å². The summed E-state index contributed by atoms with van der Waals surface area (Å²) in [4.78, 5) is 10.2. The Kier molecular flexibility index (Phi) is 3.63. The summed E-state index contributed by atoms with van der Waals surface area (Å²) in [5, 5.41) is 19.8. The van der Waals surface area contributed by atoms with Crippen LogP contribution in [-0.2, 0) is 5.33 Å². The van der Waals surface area contributed by atoms with E-state index >= 15 is 0 Å². The first-order valence-electron chi connectivity index (χ1n) is 3.95. The van der Waals surface area contributed by atoms with Crippen LogP contribution in [-0.4, -0.2) is 12.0 Å². The van der Waals surface area contributed by atoms with Gasteiger partial charge in [-0.1, -0.05) is 15.9 Å². The van der Waals surface area contributed by atoms with E-state index in [0.717, 1.165) is 0 Å². The lowest BCUT2D eigenvalue weighted by molar-refractivity contribution is -0.385. The number of alkyl halides is 1. The van der Waals surface area contributed by atoms with Gasteiger partial charge in [-0.05, 0) is 6.07 Å². The molecule has 0 N–H and O–H groups in total. The predicted molar refractivity (Wildman–Crippen MR) is 57.0 cm³/mol. The average molecular weight is 271 g/mol. The number of ether oxygens (including phenoxy) is 1. The van der Waals surface area contributed by atoms with Gasteiger partial charge in [-0.25, -0.2) is 0 Å². The number of benzene rings is 1. The number of rotatable bonds is 3. The minimum atomic E-state index is -0.500. The number of halogens is 1. The molecule has 0 aromatic heterocycles. The van der Waals surface area contributed by atoms with Crippen molar-refractivity contribution in [3.8, 4) is 11.8 Å². The third kappa shape index (κ3) is 2.25. The molecule has 0 amide bonds. The van der Waals surface area contributed by atoms with Gasteiger partial charge in [0.1, 0.15) is 11.8 Å². The molecule has 0 atom stereocenters. The van der Waals surface area contributed by atoms with E-state index in [1.54, 1.807) is 0 Å². The van der Waals surface area contributed by atoms with Gasteiger partial charge in [0.15, 0.2) is 0 Å². The minimum Gasteiger partial charge on any atom is -0.495 e. The van der Waals surface area contributed by atoms with Crippen LogP contribution in [0.5, 0.6) is 5.75 Å². The molecule has 1 aromatic carbocycles. The third-order valence-corrected chi connectivity index (χ3v) is 2.47. The Morgan fingerprint density at radius 3 is 2.73 bits per heavy atom. The highest BCUT2D eigenvalue weighted by molar-refractivity contribution is 9.08. The van der Waals surface area contributed by atoms with Crippen molar-refractivity contribution in [2.24, 2.45) is 0 Å². The molecular weight excluding hydrogens is 264 g/mol. The van der Waals surface area contributed by atoms with Crippen molar-refractivity contribution in [2.75, 3.05) is 7.11 Å². The zero-order valence-corrected chi connectivity index (χ0v) is 9.44. The van der Waals surface area contributed by atoms with Gasteiger partial charge in [0.2, 0.25) is 0 Å². The Hall–Kier alpha value is -1.61. The molecule has 0 bridgehead atoms. The van der Waals surface area contributed by atoms with E-state index < -0.39 is 4.92 Å². The van der Waals surface area contributed by atoms with E-state index in [4.69, 9.17) is 10.00 Å². The van der Waals surface area contributed by atoms with Crippen LogP contribution in [0.15, 0.2) is 12.1 Å². The molecule has 15 heavy (non-hydrogen) atoms. The van der Waals surface area contributed by atoms with Crippen molar-refractivity contribution >= 4 is 21.6 Å². The summed E-state index contributed by atoms with van der Waals surface area (Å²) in [5.74, 6) is 0.217. The summed E-state index contributed by atoms with van der Waals surface area (Å²) in [5.41, 5.74) is 0.692. The fourth-order valence-electron chi connectivity index (χ4n) is 1.15. The molecule has 1 rings (SSSR count). The van der Waals surface area contributed by atoms with Gasteiger partial charge in [0.05, 0.1) is 23.7 Å². The first kappa shape index (κ1) is 11.5. The molecular formula is C9H7BrN2O3.